The number of benzene rings is 3. The lowest BCUT2D eigenvalue weighted by atomic mass is 9.97. The van der Waals surface area contributed by atoms with E-state index >= 15 is 0 Å². The number of esters is 2. The Morgan fingerprint density at radius 2 is 1.28 bits per heavy atom. The lowest BCUT2D eigenvalue weighted by Crippen LogP contribution is -2.63. The SMILES string of the molecule is COC(=O)[C@H]1O[C@@H](OC(=Nc2ccccc2)C(F)(F)F)[C@@H](OCc2ccccc2)[C@@H](OCc2ccccc2)[C@@H]1OC(=O)CCC(C)=O. The largest absolute Gasteiger partial charge is 0.468 e. The molecule has 0 amide bonds. The predicted octanol–water partition coefficient (Wildman–Crippen LogP) is 5.65. The molecule has 0 N–H and O–H groups in total. The van der Waals surface area contributed by atoms with Gasteiger partial charge in [-0.25, -0.2) is 9.79 Å². The first kappa shape index (κ1) is 35.3. The third kappa shape index (κ3) is 10.5. The third-order valence-electron chi connectivity index (χ3n) is 6.90. The normalized spacial score (nSPS) is 21.5. The van der Waals surface area contributed by atoms with E-state index in [1.807, 2.05) is 0 Å². The van der Waals surface area contributed by atoms with Gasteiger partial charge >= 0.3 is 18.1 Å². The smallest absolute Gasteiger partial charge is 0.467 e. The number of ketones is 1. The second-order valence-electron chi connectivity index (χ2n) is 10.5. The molecule has 3 aromatic carbocycles. The number of carbonyl (C=O) groups excluding carboxylic acids is 3. The Labute approximate surface area is 269 Å². The zero-order valence-electron chi connectivity index (χ0n) is 25.6. The highest BCUT2D eigenvalue weighted by atomic mass is 19.4. The summed E-state index contributed by atoms with van der Waals surface area (Å²) in [6.45, 7) is 1.03. The van der Waals surface area contributed by atoms with E-state index < -0.39 is 54.7 Å². The van der Waals surface area contributed by atoms with E-state index in [0.29, 0.717) is 11.1 Å². The number of methoxy groups -OCH3 is 1. The Morgan fingerprint density at radius 3 is 1.79 bits per heavy atom. The summed E-state index contributed by atoms with van der Waals surface area (Å²) in [5, 5.41) is 0. The van der Waals surface area contributed by atoms with Crippen LogP contribution in [-0.4, -0.2) is 67.6 Å². The first-order chi connectivity index (χ1) is 22.5. The number of halogens is 3. The maximum absolute atomic E-state index is 14.4. The minimum Gasteiger partial charge on any atom is -0.467 e. The molecule has 0 aliphatic carbocycles. The zero-order chi connectivity index (χ0) is 33.8. The lowest BCUT2D eigenvalue weighted by Gasteiger charge is -2.44. The van der Waals surface area contributed by atoms with Gasteiger partial charge in [0.15, 0.2) is 12.2 Å². The highest BCUT2D eigenvalue weighted by molar-refractivity contribution is 5.85. The van der Waals surface area contributed by atoms with Gasteiger partial charge < -0.3 is 33.2 Å². The number of alkyl halides is 3. The van der Waals surface area contributed by atoms with Crippen LogP contribution in [0.4, 0.5) is 18.9 Å². The van der Waals surface area contributed by atoms with E-state index in [1.54, 1.807) is 66.7 Å². The van der Waals surface area contributed by atoms with Crippen molar-refractivity contribution in [3.63, 3.8) is 0 Å². The maximum Gasteiger partial charge on any atom is 0.468 e. The lowest BCUT2D eigenvalue weighted by molar-refractivity contribution is -0.302. The Hall–Kier alpha value is -4.59. The van der Waals surface area contributed by atoms with Gasteiger partial charge in [-0.1, -0.05) is 78.9 Å². The van der Waals surface area contributed by atoms with Crippen molar-refractivity contribution in [1.82, 2.24) is 0 Å². The summed E-state index contributed by atoms with van der Waals surface area (Å²) in [6.07, 6.45) is -13.9. The van der Waals surface area contributed by atoms with Crippen molar-refractivity contribution in [1.29, 1.82) is 0 Å². The fraction of sp³-hybridized carbons (Fsp3) is 0.353. The van der Waals surface area contributed by atoms with Crippen LogP contribution in [0.3, 0.4) is 0 Å². The van der Waals surface area contributed by atoms with E-state index in [-0.39, 0.29) is 37.5 Å². The molecule has 0 bridgehead atoms. The fourth-order valence-electron chi connectivity index (χ4n) is 4.61. The van der Waals surface area contributed by atoms with E-state index in [2.05, 4.69) is 4.99 Å². The molecule has 1 fully saturated rings. The first-order valence-electron chi connectivity index (χ1n) is 14.7. The van der Waals surface area contributed by atoms with E-state index in [9.17, 15) is 27.6 Å². The number of para-hydroxylation sites is 1. The molecule has 5 atom stereocenters. The van der Waals surface area contributed by atoms with Crippen molar-refractivity contribution < 1.29 is 56.0 Å². The van der Waals surface area contributed by atoms with Gasteiger partial charge in [0.1, 0.15) is 18.0 Å². The summed E-state index contributed by atoms with van der Waals surface area (Å²) in [6, 6.07) is 24.8. The van der Waals surface area contributed by atoms with Gasteiger partial charge in [-0.3, -0.25) is 4.79 Å². The molecule has 10 nitrogen and oxygen atoms in total. The van der Waals surface area contributed by atoms with Gasteiger partial charge in [0.2, 0.25) is 6.29 Å². The quantitative estimate of drug-likeness (QED) is 0.131. The maximum atomic E-state index is 14.4. The van der Waals surface area contributed by atoms with Crippen LogP contribution in [0.2, 0.25) is 0 Å². The second kappa shape index (κ2) is 16.8. The summed E-state index contributed by atoms with van der Waals surface area (Å²) in [5.41, 5.74) is 1.25. The van der Waals surface area contributed by atoms with Gasteiger partial charge in [0.25, 0.3) is 5.90 Å². The fourth-order valence-corrected chi connectivity index (χ4v) is 4.61. The molecule has 1 aliphatic rings. The number of ether oxygens (including phenoxy) is 6. The number of hydrogen-bond donors (Lipinski definition) is 0. The second-order valence-corrected chi connectivity index (χ2v) is 10.5. The highest BCUT2D eigenvalue weighted by Crippen LogP contribution is 2.34. The van der Waals surface area contributed by atoms with Gasteiger partial charge in [0.05, 0.1) is 32.4 Å². The number of rotatable bonds is 13. The Kier molecular flexibility index (Phi) is 12.6. The Morgan fingerprint density at radius 1 is 0.745 bits per heavy atom. The van der Waals surface area contributed by atoms with Crippen LogP contribution < -0.4 is 0 Å². The minimum absolute atomic E-state index is 0.0592. The van der Waals surface area contributed by atoms with Crippen molar-refractivity contribution in [2.75, 3.05) is 7.11 Å². The molecule has 1 saturated heterocycles. The van der Waals surface area contributed by atoms with Crippen molar-refractivity contribution in [2.45, 2.75) is 69.9 Å². The molecule has 0 saturated carbocycles. The zero-order valence-corrected chi connectivity index (χ0v) is 25.6. The number of carbonyl (C=O) groups is 3. The highest BCUT2D eigenvalue weighted by Gasteiger charge is 2.55. The van der Waals surface area contributed by atoms with Crippen LogP contribution in [0.25, 0.3) is 0 Å². The number of nitrogens with zero attached hydrogens (tertiary/aromatic N) is 1. The molecule has 1 aliphatic heterocycles. The molecule has 1 heterocycles. The molecule has 250 valence electrons. The number of aliphatic imine (C=N–C) groups is 1. The van der Waals surface area contributed by atoms with Crippen molar-refractivity contribution in [3.05, 3.63) is 102 Å². The topological polar surface area (TPSA) is 119 Å². The van der Waals surface area contributed by atoms with E-state index in [4.69, 9.17) is 28.4 Å². The molecular weight excluding hydrogens is 623 g/mol. The van der Waals surface area contributed by atoms with Crippen molar-refractivity contribution in [2.24, 2.45) is 4.99 Å². The van der Waals surface area contributed by atoms with E-state index in [0.717, 1.165) is 7.11 Å². The molecule has 3 aromatic rings. The van der Waals surface area contributed by atoms with Crippen LogP contribution in [0, 0.1) is 0 Å². The third-order valence-corrected chi connectivity index (χ3v) is 6.90. The Balaban J connectivity index is 1.77. The molecule has 0 radical (unpaired) electrons. The predicted molar refractivity (Wildman–Crippen MR) is 161 cm³/mol. The Bertz CT molecular complexity index is 1490. The molecule has 0 aromatic heterocycles. The summed E-state index contributed by atoms with van der Waals surface area (Å²) in [7, 11) is 1.03. The van der Waals surface area contributed by atoms with Crippen LogP contribution >= 0.6 is 0 Å². The van der Waals surface area contributed by atoms with Crippen LogP contribution in [0.15, 0.2) is 96.0 Å². The minimum atomic E-state index is -5.10. The molecule has 0 spiro atoms. The monoisotopic (exact) mass is 657 g/mol. The number of hydrogen-bond acceptors (Lipinski definition) is 10. The summed E-state index contributed by atoms with van der Waals surface area (Å²) < 4.78 is 77.1. The van der Waals surface area contributed by atoms with Gasteiger partial charge in [-0.15, -0.1) is 0 Å². The molecule has 4 rings (SSSR count). The summed E-state index contributed by atoms with van der Waals surface area (Å²) in [5.74, 6) is -3.91. The van der Waals surface area contributed by atoms with Gasteiger partial charge in [0, 0.05) is 6.42 Å². The average Bonchev–Trinajstić information content (AvgIpc) is 3.06. The van der Waals surface area contributed by atoms with Gasteiger partial charge in [-0.05, 0) is 30.2 Å². The number of Topliss-reactive ketones (excluding diaryl/α,β-unsaturated/α-hetero) is 1. The standard InChI is InChI=1S/C34H34F3NO9/c1-22(39)18-19-26(40)45-28-27(43-20-23-12-6-3-7-13-23)30(44-21-24-14-8-4-9-15-24)32(46-29(28)31(41)42-2)47-33(34(35,36)37)38-25-16-10-5-11-17-25/h3-17,27-30,32H,18-21H2,1-2H3/t27-,28-,29-,30-,32-/m0/s1. The van der Waals surface area contributed by atoms with Gasteiger partial charge in [-0.2, -0.15) is 13.2 Å². The molecule has 47 heavy (non-hydrogen) atoms. The van der Waals surface area contributed by atoms with Crippen LogP contribution in [-0.2, 0) is 56.0 Å². The average molecular weight is 658 g/mol. The first-order valence-corrected chi connectivity index (χ1v) is 14.7. The van der Waals surface area contributed by atoms with Crippen LogP contribution in [0.5, 0.6) is 0 Å². The van der Waals surface area contributed by atoms with Crippen LogP contribution in [0.1, 0.15) is 30.9 Å². The van der Waals surface area contributed by atoms with E-state index in [1.165, 1.54) is 31.2 Å². The summed E-state index contributed by atoms with van der Waals surface area (Å²) >= 11 is 0. The van der Waals surface area contributed by atoms with Crippen molar-refractivity contribution >= 4 is 29.3 Å². The molecule has 0 unspecified atom stereocenters. The molecule has 13 heteroatoms. The molecular formula is C34H34F3NO9. The van der Waals surface area contributed by atoms with Crippen molar-refractivity contribution in [3.8, 4) is 0 Å². The summed E-state index contributed by atoms with van der Waals surface area (Å²) in [4.78, 5) is 41.1.